The van der Waals surface area contributed by atoms with Gasteiger partial charge in [0.15, 0.2) is 4.34 Å². The van der Waals surface area contributed by atoms with Crippen LogP contribution in [0.5, 0.6) is 0 Å². The van der Waals surface area contributed by atoms with Gasteiger partial charge in [-0.1, -0.05) is 56.2 Å². The van der Waals surface area contributed by atoms with Crippen LogP contribution in [-0.4, -0.2) is 33.4 Å². The van der Waals surface area contributed by atoms with Gasteiger partial charge in [-0.2, -0.15) is 5.26 Å². The van der Waals surface area contributed by atoms with Crippen molar-refractivity contribution >= 4 is 34.1 Å². The van der Waals surface area contributed by atoms with E-state index < -0.39 is 5.54 Å². The lowest BCUT2D eigenvalue weighted by atomic mass is 9.90. The van der Waals surface area contributed by atoms with Gasteiger partial charge in [-0.25, -0.2) is 0 Å². The molecule has 0 aromatic carbocycles. The molecule has 0 aliphatic heterocycles. The van der Waals surface area contributed by atoms with Crippen LogP contribution in [0.15, 0.2) is 4.34 Å². The first kappa shape index (κ1) is 19.0. The molecule has 24 heavy (non-hydrogen) atoms. The van der Waals surface area contributed by atoms with Crippen LogP contribution < -0.4 is 10.6 Å². The standard InChI is InChI=1S/C16H25N5OS2/c1-11(2)16(3,10-17)19-13(22)9-23-15-21-20-14(24-15)18-12-7-5-4-6-8-12/h11-12H,4-9H2,1-3H3,(H,18,20)(H,19,22). The summed E-state index contributed by atoms with van der Waals surface area (Å²) >= 11 is 2.84. The fourth-order valence-electron chi connectivity index (χ4n) is 2.50. The molecule has 2 N–H and O–H groups in total. The topological polar surface area (TPSA) is 90.7 Å². The van der Waals surface area contributed by atoms with E-state index in [9.17, 15) is 10.1 Å². The molecule has 1 fully saturated rings. The zero-order valence-corrected chi connectivity index (χ0v) is 16.1. The van der Waals surface area contributed by atoms with Crippen LogP contribution in [0.25, 0.3) is 0 Å². The number of anilines is 1. The zero-order chi connectivity index (χ0) is 17.6. The van der Waals surface area contributed by atoms with Crippen LogP contribution in [0.3, 0.4) is 0 Å². The Morgan fingerprint density at radius 3 is 2.75 bits per heavy atom. The normalized spacial score (nSPS) is 18.0. The van der Waals surface area contributed by atoms with Gasteiger partial charge in [0.1, 0.15) is 5.54 Å². The van der Waals surface area contributed by atoms with E-state index in [1.165, 1.54) is 55.2 Å². The van der Waals surface area contributed by atoms with E-state index in [0.29, 0.717) is 6.04 Å². The third-order valence-electron chi connectivity index (χ3n) is 4.45. The molecule has 0 bridgehead atoms. The molecule has 0 radical (unpaired) electrons. The van der Waals surface area contributed by atoms with Crippen molar-refractivity contribution in [2.75, 3.05) is 11.1 Å². The molecule has 1 heterocycles. The van der Waals surface area contributed by atoms with Crippen molar-refractivity contribution in [1.29, 1.82) is 5.26 Å². The molecule has 1 aromatic rings. The Balaban J connectivity index is 1.80. The third kappa shape index (κ3) is 5.35. The molecule has 0 saturated heterocycles. The van der Waals surface area contributed by atoms with Crippen molar-refractivity contribution in [1.82, 2.24) is 15.5 Å². The molecule has 6 nitrogen and oxygen atoms in total. The molecule has 1 aliphatic carbocycles. The van der Waals surface area contributed by atoms with Crippen LogP contribution in [0.4, 0.5) is 5.13 Å². The van der Waals surface area contributed by atoms with E-state index in [4.69, 9.17) is 0 Å². The van der Waals surface area contributed by atoms with Crippen LogP contribution in [-0.2, 0) is 4.79 Å². The zero-order valence-electron chi connectivity index (χ0n) is 14.5. The fraction of sp³-hybridized carbons (Fsp3) is 0.750. The van der Waals surface area contributed by atoms with E-state index in [2.05, 4.69) is 26.9 Å². The Hall–Kier alpha value is -1.33. The molecular formula is C16H25N5OS2. The first-order chi connectivity index (χ1) is 11.4. The van der Waals surface area contributed by atoms with Gasteiger partial charge >= 0.3 is 0 Å². The summed E-state index contributed by atoms with van der Waals surface area (Å²) in [5, 5.41) is 24.6. The summed E-state index contributed by atoms with van der Waals surface area (Å²) in [6.45, 7) is 5.59. The Kier molecular flexibility index (Phi) is 6.87. The number of carbonyl (C=O) groups is 1. The van der Waals surface area contributed by atoms with Gasteiger partial charge in [-0.05, 0) is 25.7 Å². The largest absolute Gasteiger partial charge is 0.357 e. The smallest absolute Gasteiger partial charge is 0.231 e. The summed E-state index contributed by atoms with van der Waals surface area (Å²) < 4.78 is 0.770. The second-order valence-electron chi connectivity index (χ2n) is 6.66. The number of amides is 1. The lowest BCUT2D eigenvalue weighted by Crippen LogP contribution is -2.49. The highest BCUT2D eigenvalue weighted by atomic mass is 32.2. The maximum Gasteiger partial charge on any atom is 0.231 e. The van der Waals surface area contributed by atoms with E-state index >= 15 is 0 Å². The number of nitrogens with zero attached hydrogens (tertiary/aromatic N) is 3. The van der Waals surface area contributed by atoms with Crippen molar-refractivity contribution in [2.24, 2.45) is 5.92 Å². The number of thioether (sulfide) groups is 1. The number of nitriles is 1. The van der Waals surface area contributed by atoms with Crippen LogP contribution >= 0.6 is 23.1 Å². The van der Waals surface area contributed by atoms with Gasteiger partial charge < -0.3 is 10.6 Å². The lowest BCUT2D eigenvalue weighted by Gasteiger charge is -2.27. The summed E-state index contributed by atoms with van der Waals surface area (Å²) in [7, 11) is 0. The molecule has 1 atom stereocenters. The predicted molar refractivity (Wildman–Crippen MR) is 98.1 cm³/mol. The maximum absolute atomic E-state index is 12.1. The molecule has 0 spiro atoms. The van der Waals surface area contributed by atoms with Crippen molar-refractivity contribution in [3.05, 3.63) is 0 Å². The van der Waals surface area contributed by atoms with Crippen molar-refractivity contribution in [3.8, 4) is 6.07 Å². The summed E-state index contributed by atoms with van der Waals surface area (Å²) in [5.41, 5.74) is -0.841. The van der Waals surface area contributed by atoms with E-state index in [1.54, 1.807) is 6.92 Å². The number of hydrogen-bond donors (Lipinski definition) is 2. The highest BCUT2D eigenvalue weighted by Crippen LogP contribution is 2.28. The van der Waals surface area contributed by atoms with Crippen LogP contribution in [0.1, 0.15) is 52.9 Å². The Morgan fingerprint density at radius 1 is 1.42 bits per heavy atom. The van der Waals surface area contributed by atoms with Gasteiger partial charge in [0.25, 0.3) is 0 Å². The van der Waals surface area contributed by atoms with Crippen LogP contribution in [0, 0.1) is 17.2 Å². The van der Waals surface area contributed by atoms with E-state index in [-0.39, 0.29) is 17.6 Å². The molecule has 2 rings (SSSR count). The highest BCUT2D eigenvalue weighted by molar-refractivity contribution is 8.01. The van der Waals surface area contributed by atoms with Gasteiger partial charge in [-0.15, -0.1) is 10.2 Å². The van der Waals surface area contributed by atoms with Gasteiger partial charge in [0.2, 0.25) is 11.0 Å². The Labute approximate surface area is 151 Å². The summed E-state index contributed by atoms with van der Waals surface area (Å²) in [6, 6.07) is 2.68. The van der Waals surface area contributed by atoms with E-state index in [0.717, 1.165) is 9.47 Å². The monoisotopic (exact) mass is 367 g/mol. The molecule has 1 aliphatic rings. The SMILES string of the molecule is CC(C)C(C)(C#N)NC(=O)CSc1nnc(NC2CCCCC2)s1. The minimum atomic E-state index is -0.841. The second kappa shape index (κ2) is 8.67. The first-order valence-electron chi connectivity index (χ1n) is 8.38. The molecule has 132 valence electrons. The second-order valence-corrected chi connectivity index (χ2v) is 8.86. The van der Waals surface area contributed by atoms with Crippen molar-refractivity contribution < 1.29 is 4.79 Å². The summed E-state index contributed by atoms with van der Waals surface area (Å²) in [5.74, 6) is 0.126. The molecular weight excluding hydrogens is 342 g/mol. The summed E-state index contributed by atoms with van der Waals surface area (Å²) in [4.78, 5) is 12.1. The molecule has 1 aromatic heterocycles. The number of hydrogen-bond acceptors (Lipinski definition) is 7. The molecule has 8 heteroatoms. The molecule has 1 unspecified atom stereocenters. The number of nitrogens with one attached hydrogen (secondary N) is 2. The van der Waals surface area contributed by atoms with Crippen LogP contribution in [0.2, 0.25) is 0 Å². The number of rotatable bonds is 7. The van der Waals surface area contributed by atoms with Crippen molar-refractivity contribution in [2.45, 2.75) is 68.8 Å². The average molecular weight is 368 g/mol. The van der Waals surface area contributed by atoms with Crippen molar-refractivity contribution in [3.63, 3.8) is 0 Å². The quantitative estimate of drug-likeness (QED) is 0.718. The molecule has 1 saturated carbocycles. The van der Waals surface area contributed by atoms with E-state index in [1.807, 2.05) is 13.8 Å². The number of aromatic nitrogens is 2. The Bertz CT molecular complexity index is 592. The average Bonchev–Trinajstić information content (AvgIpc) is 3.01. The minimum Gasteiger partial charge on any atom is -0.357 e. The summed E-state index contributed by atoms with van der Waals surface area (Å²) in [6.07, 6.45) is 6.23. The highest BCUT2D eigenvalue weighted by Gasteiger charge is 2.29. The minimum absolute atomic E-state index is 0.0456. The number of carbonyl (C=O) groups excluding carboxylic acids is 1. The van der Waals surface area contributed by atoms with Gasteiger partial charge in [0.05, 0.1) is 11.8 Å². The maximum atomic E-state index is 12.1. The predicted octanol–water partition coefficient (Wildman–Crippen LogP) is 3.43. The fourth-order valence-corrected chi connectivity index (χ4v) is 4.13. The Morgan fingerprint density at radius 2 is 2.12 bits per heavy atom. The first-order valence-corrected chi connectivity index (χ1v) is 10.2. The third-order valence-corrected chi connectivity index (χ3v) is 6.44. The molecule has 1 amide bonds. The van der Waals surface area contributed by atoms with Gasteiger partial charge in [-0.3, -0.25) is 4.79 Å². The lowest BCUT2D eigenvalue weighted by molar-refractivity contribution is -0.120. The van der Waals surface area contributed by atoms with Gasteiger partial charge in [0, 0.05) is 6.04 Å².